The third-order valence-electron chi connectivity index (χ3n) is 2.91. The van der Waals surface area contributed by atoms with Gasteiger partial charge < -0.3 is 5.11 Å². The SMILES string of the molecule is CSc1cccc(C2(C(=O)O)CC2(F)F)c1. The molecule has 0 radical (unpaired) electrons. The van der Waals surface area contributed by atoms with E-state index in [1.807, 2.05) is 6.26 Å². The van der Waals surface area contributed by atoms with Crippen LogP contribution in [0.1, 0.15) is 12.0 Å². The minimum Gasteiger partial charge on any atom is -0.480 e. The lowest BCUT2D eigenvalue weighted by Crippen LogP contribution is -2.27. The minimum atomic E-state index is -3.13. The van der Waals surface area contributed by atoms with Crippen molar-refractivity contribution in [3.63, 3.8) is 0 Å². The molecule has 2 nitrogen and oxygen atoms in total. The first-order chi connectivity index (χ1) is 7.44. The number of alkyl halides is 2. The van der Waals surface area contributed by atoms with Gasteiger partial charge >= 0.3 is 5.97 Å². The van der Waals surface area contributed by atoms with Crippen molar-refractivity contribution in [1.29, 1.82) is 0 Å². The molecule has 0 bridgehead atoms. The molecule has 1 aliphatic carbocycles. The molecule has 16 heavy (non-hydrogen) atoms. The molecule has 0 aliphatic heterocycles. The normalized spacial score (nSPS) is 26.4. The van der Waals surface area contributed by atoms with Crippen LogP contribution in [0.15, 0.2) is 29.2 Å². The van der Waals surface area contributed by atoms with Crippen molar-refractivity contribution >= 4 is 17.7 Å². The third-order valence-corrected chi connectivity index (χ3v) is 3.64. The Hall–Kier alpha value is -1.10. The highest BCUT2D eigenvalue weighted by molar-refractivity contribution is 7.98. The number of thioether (sulfide) groups is 1. The number of hydrogen-bond donors (Lipinski definition) is 1. The molecular formula is C11H10F2O2S. The van der Waals surface area contributed by atoms with E-state index in [2.05, 4.69) is 0 Å². The van der Waals surface area contributed by atoms with E-state index in [1.165, 1.54) is 23.9 Å². The van der Waals surface area contributed by atoms with Gasteiger partial charge in [0.25, 0.3) is 5.92 Å². The fourth-order valence-corrected chi connectivity index (χ4v) is 2.31. The van der Waals surface area contributed by atoms with Gasteiger partial charge in [0.2, 0.25) is 0 Å². The van der Waals surface area contributed by atoms with Gasteiger partial charge in [-0.2, -0.15) is 0 Å². The maximum Gasteiger partial charge on any atom is 0.320 e. The number of rotatable bonds is 3. The Bertz CT molecular complexity index is 447. The number of aliphatic carboxylic acids is 1. The standard InChI is InChI=1S/C11H10F2O2S/c1-16-8-4-2-3-7(5-8)10(9(14)15)6-11(10,12)13/h2-5H,6H2,1H3,(H,14,15). The average molecular weight is 244 g/mol. The van der Waals surface area contributed by atoms with E-state index in [0.29, 0.717) is 0 Å². The third kappa shape index (κ3) is 1.42. The van der Waals surface area contributed by atoms with E-state index in [4.69, 9.17) is 5.11 Å². The van der Waals surface area contributed by atoms with E-state index in [1.54, 1.807) is 12.1 Å². The largest absolute Gasteiger partial charge is 0.480 e. The first-order valence-corrected chi connectivity index (χ1v) is 5.92. The molecule has 1 atom stereocenters. The molecule has 1 aliphatic rings. The highest BCUT2D eigenvalue weighted by atomic mass is 32.2. The summed E-state index contributed by atoms with van der Waals surface area (Å²) in [4.78, 5) is 11.8. The van der Waals surface area contributed by atoms with Crippen LogP contribution in [0.2, 0.25) is 0 Å². The second-order valence-corrected chi connectivity index (χ2v) is 4.70. The molecule has 0 saturated heterocycles. The Morgan fingerprint density at radius 3 is 2.56 bits per heavy atom. The predicted molar refractivity (Wildman–Crippen MR) is 57.1 cm³/mol. The van der Waals surface area contributed by atoms with Gasteiger partial charge in [-0.25, -0.2) is 8.78 Å². The van der Waals surface area contributed by atoms with Gasteiger partial charge in [-0.05, 0) is 24.0 Å². The van der Waals surface area contributed by atoms with E-state index < -0.39 is 23.7 Å². The molecule has 0 heterocycles. The monoisotopic (exact) mass is 244 g/mol. The Morgan fingerprint density at radius 1 is 1.50 bits per heavy atom. The molecule has 1 fully saturated rings. The maximum absolute atomic E-state index is 13.2. The minimum absolute atomic E-state index is 0.192. The zero-order valence-corrected chi connectivity index (χ0v) is 9.35. The summed E-state index contributed by atoms with van der Waals surface area (Å²) >= 11 is 1.40. The molecule has 1 aromatic carbocycles. The summed E-state index contributed by atoms with van der Waals surface area (Å²) in [6, 6.07) is 6.36. The second-order valence-electron chi connectivity index (χ2n) is 3.82. The van der Waals surface area contributed by atoms with E-state index in [0.717, 1.165) is 4.90 Å². The molecular weight excluding hydrogens is 234 g/mol. The summed E-state index contributed by atoms with van der Waals surface area (Å²) in [5, 5.41) is 8.97. The molecule has 0 amide bonds. The molecule has 1 saturated carbocycles. The Kier molecular flexibility index (Phi) is 2.45. The molecule has 2 rings (SSSR count). The summed E-state index contributed by atoms with van der Waals surface area (Å²) in [5.74, 6) is -4.58. The first kappa shape index (κ1) is 11.4. The molecule has 0 aromatic heterocycles. The van der Waals surface area contributed by atoms with Crippen molar-refractivity contribution < 1.29 is 18.7 Å². The van der Waals surface area contributed by atoms with Crippen LogP contribution in [0.3, 0.4) is 0 Å². The van der Waals surface area contributed by atoms with Crippen molar-refractivity contribution in [2.24, 2.45) is 0 Å². The summed E-state index contributed by atoms with van der Waals surface area (Å²) < 4.78 is 26.5. The van der Waals surface area contributed by atoms with Crippen molar-refractivity contribution in [3.05, 3.63) is 29.8 Å². The summed E-state index contributed by atoms with van der Waals surface area (Å²) in [5.41, 5.74) is -1.81. The Balaban J connectivity index is 2.47. The van der Waals surface area contributed by atoms with Gasteiger partial charge in [-0.3, -0.25) is 4.79 Å². The number of hydrogen-bond acceptors (Lipinski definition) is 2. The highest BCUT2D eigenvalue weighted by Gasteiger charge is 2.77. The predicted octanol–water partition coefficient (Wildman–Crippen LogP) is 2.77. The molecule has 86 valence electrons. The topological polar surface area (TPSA) is 37.3 Å². The molecule has 1 unspecified atom stereocenters. The first-order valence-electron chi connectivity index (χ1n) is 4.70. The fourth-order valence-electron chi connectivity index (χ4n) is 1.85. The van der Waals surface area contributed by atoms with Crippen LogP contribution in [0.4, 0.5) is 8.78 Å². The fraction of sp³-hybridized carbons (Fsp3) is 0.364. The van der Waals surface area contributed by atoms with Crippen LogP contribution >= 0.6 is 11.8 Å². The van der Waals surface area contributed by atoms with Crippen LogP contribution in [-0.2, 0) is 10.2 Å². The number of carboxylic acids is 1. The van der Waals surface area contributed by atoms with Crippen molar-refractivity contribution in [1.82, 2.24) is 0 Å². The van der Waals surface area contributed by atoms with Gasteiger partial charge in [-0.15, -0.1) is 11.8 Å². The molecule has 1 aromatic rings. The number of halogens is 2. The van der Waals surface area contributed by atoms with Gasteiger partial charge in [0, 0.05) is 11.3 Å². The van der Waals surface area contributed by atoms with Crippen molar-refractivity contribution in [2.75, 3.05) is 6.26 Å². The van der Waals surface area contributed by atoms with Crippen molar-refractivity contribution in [3.8, 4) is 0 Å². The lowest BCUT2D eigenvalue weighted by atomic mass is 9.95. The lowest BCUT2D eigenvalue weighted by molar-refractivity contribution is -0.142. The average Bonchev–Trinajstić information content (AvgIpc) is 2.83. The Morgan fingerprint density at radius 2 is 2.12 bits per heavy atom. The number of carbonyl (C=O) groups is 1. The zero-order valence-electron chi connectivity index (χ0n) is 8.54. The van der Waals surface area contributed by atoms with Crippen LogP contribution in [-0.4, -0.2) is 23.3 Å². The van der Waals surface area contributed by atoms with Gasteiger partial charge in [0.05, 0.1) is 0 Å². The summed E-state index contributed by atoms with van der Waals surface area (Å²) in [6.07, 6.45) is 1.21. The van der Waals surface area contributed by atoms with Crippen LogP contribution in [0.25, 0.3) is 0 Å². The van der Waals surface area contributed by atoms with Crippen LogP contribution in [0, 0.1) is 0 Å². The molecule has 0 spiro atoms. The highest BCUT2D eigenvalue weighted by Crippen LogP contribution is 2.61. The second kappa shape index (κ2) is 3.45. The van der Waals surface area contributed by atoms with E-state index in [-0.39, 0.29) is 5.56 Å². The number of benzene rings is 1. The van der Waals surface area contributed by atoms with Crippen LogP contribution < -0.4 is 0 Å². The molecule has 1 N–H and O–H groups in total. The quantitative estimate of drug-likeness (QED) is 0.831. The van der Waals surface area contributed by atoms with E-state index in [9.17, 15) is 13.6 Å². The van der Waals surface area contributed by atoms with Gasteiger partial charge in [-0.1, -0.05) is 12.1 Å². The van der Waals surface area contributed by atoms with Gasteiger partial charge in [0.1, 0.15) is 0 Å². The van der Waals surface area contributed by atoms with Crippen molar-refractivity contribution in [2.45, 2.75) is 22.7 Å². The van der Waals surface area contributed by atoms with Crippen LogP contribution in [0.5, 0.6) is 0 Å². The van der Waals surface area contributed by atoms with Gasteiger partial charge in [0.15, 0.2) is 5.41 Å². The maximum atomic E-state index is 13.2. The molecule has 5 heteroatoms. The zero-order chi connectivity index (χ0) is 12.0. The number of carboxylic acid groups (broad SMARTS) is 1. The Labute approximate surface area is 95.7 Å². The van der Waals surface area contributed by atoms with E-state index >= 15 is 0 Å². The smallest absolute Gasteiger partial charge is 0.320 e. The summed E-state index contributed by atoms with van der Waals surface area (Å²) in [6.45, 7) is 0. The summed E-state index contributed by atoms with van der Waals surface area (Å²) in [7, 11) is 0. The lowest BCUT2D eigenvalue weighted by Gasteiger charge is -2.12.